The smallest absolute Gasteiger partial charge is 0.137 e. The Morgan fingerprint density at radius 3 is 2.93 bits per heavy atom. The van der Waals surface area contributed by atoms with Crippen LogP contribution >= 0.6 is 0 Å². The highest BCUT2D eigenvalue weighted by Gasteiger charge is 1.95. The molecule has 14 heavy (non-hydrogen) atoms. The summed E-state index contributed by atoms with van der Waals surface area (Å²) < 4.78 is 5.56. The molecule has 0 saturated heterocycles. The molecule has 1 heterocycles. The Morgan fingerprint density at radius 2 is 2.21 bits per heavy atom. The summed E-state index contributed by atoms with van der Waals surface area (Å²) in [7, 11) is 0. The predicted molar refractivity (Wildman–Crippen MR) is 56.3 cm³/mol. The third-order valence-corrected chi connectivity index (χ3v) is 2.06. The van der Waals surface area contributed by atoms with Crippen molar-refractivity contribution in [3.63, 3.8) is 0 Å². The molecule has 0 fully saturated rings. The van der Waals surface area contributed by atoms with Crippen LogP contribution in [0.2, 0.25) is 0 Å². The van der Waals surface area contributed by atoms with E-state index in [2.05, 4.69) is 30.1 Å². The fourth-order valence-corrected chi connectivity index (χ4v) is 1.37. The van der Waals surface area contributed by atoms with E-state index in [1.165, 1.54) is 11.1 Å². The van der Waals surface area contributed by atoms with Gasteiger partial charge in [0.25, 0.3) is 0 Å². The van der Waals surface area contributed by atoms with Crippen LogP contribution in [0.5, 0.6) is 5.75 Å². The number of hydrogen-bond donors (Lipinski definition) is 1. The number of hydrogen-bond acceptors (Lipinski definition) is 1. The van der Waals surface area contributed by atoms with Gasteiger partial charge >= 0.3 is 0 Å². The third kappa shape index (κ3) is 2.16. The van der Waals surface area contributed by atoms with Crippen molar-refractivity contribution in [1.29, 1.82) is 0 Å². The van der Waals surface area contributed by atoms with E-state index in [-0.39, 0.29) is 0 Å². The van der Waals surface area contributed by atoms with Gasteiger partial charge in [0.2, 0.25) is 0 Å². The summed E-state index contributed by atoms with van der Waals surface area (Å²) in [6, 6.07) is 10.2. The molecule has 1 aromatic carbocycles. The molecule has 2 aromatic rings. The van der Waals surface area contributed by atoms with Crippen LogP contribution in [0.15, 0.2) is 42.7 Å². The Balaban J connectivity index is 1.98. The maximum absolute atomic E-state index is 5.56. The molecule has 1 N–H and O–H groups in total. The summed E-state index contributed by atoms with van der Waals surface area (Å²) in [5, 5.41) is 0. The number of aromatic amines is 1. The molecule has 0 saturated carbocycles. The van der Waals surface area contributed by atoms with Gasteiger partial charge in [0.05, 0.1) is 0 Å². The molecule has 0 aliphatic carbocycles. The topological polar surface area (TPSA) is 25.0 Å². The average Bonchev–Trinajstić information content (AvgIpc) is 2.67. The van der Waals surface area contributed by atoms with Crippen molar-refractivity contribution < 1.29 is 4.74 Å². The van der Waals surface area contributed by atoms with Crippen LogP contribution in [0.3, 0.4) is 0 Å². The number of rotatable bonds is 3. The molecule has 2 heteroatoms. The van der Waals surface area contributed by atoms with Gasteiger partial charge in [-0.1, -0.05) is 29.8 Å². The van der Waals surface area contributed by atoms with Crippen molar-refractivity contribution in [2.75, 3.05) is 0 Å². The van der Waals surface area contributed by atoms with E-state index in [0.717, 1.165) is 5.75 Å². The van der Waals surface area contributed by atoms with E-state index in [0.29, 0.717) is 6.61 Å². The van der Waals surface area contributed by atoms with Gasteiger partial charge in [-0.2, -0.15) is 0 Å². The van der Waals surface area contributed by atoms with Gasteiger partial charge in [0.15, 0.2) is 0 Å². The maximum Gasteiger partial charge on any atom is 0.137 e. The van der Waals surface area contributed by atoms with Crippen LogP contribution in [-0.2, 0) is 6.61 Å². The SMILES string of the molecule is Cc1cccc(COc2cc[nH]c2)c1. The van der Waals surface area contributed by atoms with E-state index in [1.807, 2.05) is 24.5 Å². The Hall–Kier alpha value is -1.70. The fraction of sp³-hybridized carbons (Fsp3) is 0.167. The number of H-pyrrole nitrogens is 1. The van der Waals surface area contributed by atoms with Crippen LogP contribution in [0.1, 0.15) is 11.1 Å². The molecule has 0 spiro atoms. The molecular weight excluding hydrogens is 174 g/mol. The molecule has 72 valence electrons. The average molecular weight is 187 g/mol. The molecule has 0 aliphatic rings. The minimum Gasteiger partial charge on any atom is -0.487 e. The highest BCUT2D eigenvalue weighted by Crippen LogP contribution is 2.11. The Labute approximate surface area is 83.5 Å². The molecule has 2 nitrogen and oxygen atoms in total. The molecule has 0 unspecified atom stereocenters. The Kier molecular flexibility index (Phi) is 2.54. The van der Waals surface area contributed by atoms with Crippen LogP contribution in [-0.4, -0.2) is 4.98 Å². The molecule has 0 bridgehead atoms. The zero-order valence-corrected chi connectivity index (χ0v) is 8.16. The molecule has 2 rings (SSSR count). The summed E-state index contributed by atoms with van der Waals surface area (Å²) in [4.78, 5) is 2.95. The second-order valence-corrected chi connectivity index (χ2v) is 3.32. The fourth-order valence-electron chi connectivity index (χ4n) is 1.37. The van der Waals surface area contributed by atoms with Crippen molar-refractivity contribution in [3.8, 4) is 5.75 Å². The second-order valence-electron chi connectivity index (χ2n) is 3.32. The van der Waals surface area contributed by atoms with E-state index in [1.54, 1.807) is 0 Å². The lowest BCUT2D eigenvalue weighted by Crippen LogP contribution is -1.94. The van der Waals surface area contributed by atoms with Crippen LogP contribution in [0.25, 0.3) is 0 Å². The quantitative estimate of drug-likeness (QED) is 0.785. The molecule has 0 atom stereocenters. The lowest BCUT2D eigenvalue weighted by Gasteiger charge is -2.04. The van der Waals surface area contributed by atoms with Crippen molar-refractivity contribution in [2.45, 2.75) is 13.5 Å². The highest BCUT2D eigenvalue weighted by atomic mass is 16.5. The minimum absolute atomic E-state index is 0.625. The van der Waals surface area contributed by atoms with Crippen molar-refractivity contribution in [3.05, 3.63) is 53.9 Å². The van der Waals surface area contributed by atoms with Crippen molar-refractivity contribution >= 4 is 0 Å². The maximum atomic E-state index is 5.56. The van der Waals surface area contributed by atoms with Crippen molar-refractivity contribution in [2.24, 2.45) is 0 Å². The Bertz CT molecular complexity index is 392. The number of ether oxygens (including phenoxy) is 1. The highest BCUT2D eigenvalue weighted by molar-refractivity contribution is 5.23. The van der Waals surface area contributed by atoms with E-state index in [9.17, 15) is 0 Å². The second kappa shape index (κ2) is 4.01. The van der Waals surface area contributed by atoms with Crippen LogP contribution in [0, 0.1) is 6.92 Å². The molecular formula is C12H13NO. The minimum atomic E-state index is 0.625. The first kappa shape index (κ1) is 8.88. The lowest BCUT2D eigenvalue weighted by molar-refractivity contribution is 0.306. The summed E-state index contributed by atoms with van der Waals surface area (Å²) in [5.74, 6) is 0.881. The van der Waals surface area contributed by atoms with Gasteiger partial charge in [-0.15, -0.1) is 0 Å². The Morgan fingerprint density at radius 1 is 1.29 bits per heavy atom. The first-order valence-electron chi connectivity index (χ1n) is 4.66. The summed E-state index contributed by atoms with van der Waals surface area (Å²) in [6.07, 6.45) is 3.70. The van der Waals surface area contributed by atoms with E-state index >= 15 is 0 Å². The van der Waals surface area contributed by atoms with Gasteiger partial charge in [-0.05, 0) is 18.6 Å². The van der Waals surface area contributed by atoms with E-state index in [4.69, 9.17) is 4.74 Å². The zero-order chi connectivity index (χ0) is 9.80. The predicted octanol–water partition coefficient (Wildman–Crippen LogP) is 2.90. The van der Waals surface area contributed by atoms with E-state index < -0.39 is 0 Å². The molecule has 0 amide bonds. The van der Waals surface area contributed by atoms with Gasteiger partial charge in [0.1, 0.15) is 12.4 Å². The number of aromatic nitrogens is 1. The summed E-state index contributed by atoms with van der Waals surface area (Å²) in [6.45, 7) is 2.71. The van der Waals surface area contributed by atoms with Gasteiger partial charge < -0.3 is 9.72 Å². The molecule has 0 aliphatic heterocycles. The largest absolute Gasteiger partial charge is 0.487 e. The normalized spacial score (nSPS) is 10.1. The van der Waals surface area contributed by atoms with Gasteiger partial charge in [-0.25, -0.2) is 0 Å². The van der Waals surface area contributed by atoms with Gasteiger partial charge in [-0.3, -0.25) is 0 Å². The van der Waals surface area contributed by atoms with Gasteiger partial charge in [0, 0.05) is 12.4 Å². The molecule has 1 aromatic heterocycles. The standard InChI is InChI=1S/C12H13NO/c1-10-3-2-4-11(7-10)9-14-12-5-6-13-8-12/h2-8,13H,9H2,1H3. The lowest BCUT2D eigenvalue weighted by atomic mass is 10.1. The first-order chi connectivity index (χ1) is 6.84. The molecule has 0 radical (unpaired) electrons. The van der Waals surface area contributed by atoms with Crippen LogP contribution in [0.4, 0.5) is 0 Å². The monoisotopic (exact) mass is 187 g/mol. The number of aryl methyl sites for hydroxylation is 1. The van der Waals surface area contributed by atoms with Crippen LogP contribution < -0.4 is 4.74 Å². The summed E-state index contributed by atoms with van der Waals surface area (Å²) >= 11 is 0. The first-order valence-corrected chi connectivity index (χ1v) is 4.66. The summed E-state index contributed by atoms with van der Waals surface area (Å²) in [5.41, 5.74) is 2.46. The van der Waals surface area contributed by atoms with Crippen molar-refractivity contribution in [1.82, 2.24) is 4.98 Å². The zero-order valence-electron chi connectivity index (χ0n) is 8.16. The number of benzene rings is 1. The third-order valence-electron chi connectivity index (χ3n) is 2.06. The number of nitrogens with one attached hydrogen (secondary N) is 1.